The molecule has 5 heteroatoms. The van der Waals surface area contributed by atoms with E-state index in [0.717, 1.165) is 16.5 Å². The second-order valence-corrected chi connectivity index (χ2v) is 6.62. The van der Waals surface area contributed by atoms with E-state index < -0.39 is 5.97 Å². The summed E-state index contributed by atoms with van der Waals surface area (Å²) in [5, 5.41) is 11.8. The molecule has 1 aromatic carbocycles. The smallest absolute Gasteiger partial charge is 0.303 e. The number of aliphatic carboxylic acids is 1. The third-order valence-electron chi connectivity index (χ3n) is 3.24. The van der Waals surface area contributed by atoms with Crippen LogP contribution in [0.1, 0.15) is 42.6 Å². The van der Waals surface area contributed by atoms with E-state index in [1.54, 1.807) is 6.07 Å². The first-order valence-electron chi connectivity index (χ1n) is 7.05. The van der Waals surface area contributed by atoms with Gasteiger partial charge in [0.05, 0.1) is 0 Å². The summed E-state index contributed by atoms with van der Waals surface area (Å²) in [4.78, 5) is 23.0. The lowest BCUT2D eigenvalue weighted by Crippen LogP contribution is -2.31. The van der Waals surface area contributed by atoms with Crippen LogP contribution in [-0.4, -0.2) is 23.5 Å². The molecule has 0 aromatic heterocycles. The SMILES string of the molecule is Cc1cc(C(=O)NC[C@H](CC(=O)O)CC(C)C)ccc1Br. The molecule has 116 valence electrons. The van der Waals surface area contributed by atoms with Gasteiger partial charge in [0.2, 0.25) is 0 Å². The van der Waals surface area contributed by atoms with E-state index in [-0.39, 0.29) is 18.2 Å². The summed E-state index contributed by atoms with van der Waals surface area (Å²) < 4.78 is 0.961. The van der Waals surface area contributed by atoms with Crippen molar-refractivity contribution in [1.29, 1.82) is 0 Å². The predicted molar refractivity (Wildman–Crippen MR) is 86.4 cm³/mol. The number of rotatable bonds is 7. The van der Waals surface area contributed by atoms with Gasteiger partial charge in [-0.15, -0.1) is 0 Å². The van der Waals surface area contributed by atoms with Gasteiger partial charge in [-0.25, -0.2) is 0 Å². The first-order valence-corrected chi connectivity index (χ1v) is 7.85. The van der Waals surface area contributed by atoms with E-state index >= 15 is 0 Å². The number of carboxylic acid groups (broad SMARTS) is 1. The highest BCUT2D eigenvalue weighted by Gasteiger charge is 2.16. The van der Waals surface area contributed by atoms with Crippen LogP contribution in [0.3, 0.4) is 0 Å². The molecule has 0 saturated heterocycles. The number of carbonyl (C=O) groups excluding carboxylic acids is 1. The zero-order chi connectivity index (χ0) is 16.0. The Bertz CT molecular complexity index is 514. The fourth-order valence-electron chi connectivity index (χ4n) is 2.28. The van der Waals surface area contributed by atoms with Crippen molar-refractivity contribution in [1.82, 2.24) is 5.32 Å². The molecule has 0 aliphatic heterocycles. The standard InChI is InChI=1S/C16H22BrNO3/c1-10(2)6-12(8-15(19)20)9-18-16(21)13-4-5-14(17)11(3)7-13/h4-5,7,10,12H,6,8-9H2,1-3H3,(H,18,21)(H,19,20)/t12-/m0/s1. The molecule has 21 heavy (non-hydrogen) atoms. The fraction of sp³-hybridized carbons (Fsp3) is 0.500. The van der Waals surface area contributed by atoms with Gasteiger partial charge < -0.3 is 10.4 Å². The van der Waals surface area contributed by atoms with Crippen molar-refractivity contribution in [3.05, 3.63) is 33.8 Å². The first kappa shape index (κ1) is 17.7. The van der Waals surface area contributed by atoms with E-state index in [1.165, 1.54) is 0 Å². The molecule has 0 aliphatic rings. The van der Waals surface area contributed by atoms with Crippen LogP contribution in [0.5, 0.6) is 0 Å². The average molecular weight is 356 g/mol. The highest BCUT2D eigenvalue weighted by atomic mass is 79.9. The summed E-state index contributed by atoms with van der Waals surface area (Å²) in [5.74, 6) is -0.622. The van der Waals surface area contributed by atoms with Crippen LogP contribution in [0.25, 0.3) is 0 Å². The maximum Gasteiger partial charge on any atom is 0.303 e. The summed E-state index contributed by atoms with van der Waals surface area (Å²) in [6, 6.07) is 5.40. The molecule has 1 atom stereocenters. The Labute approximate surface area is 134 Å². The number of benzene rings is 1. The van der Waals surface area contributed by atoms with E-state index in [0.29, 0.717) is 18.0 Å². The Morgan fingerprint density at radius 2 is 2.00 bits per heavy atom. The topological polar surface area (TPSA) is 66.4 Å². The molecule has 1 aromatic rings. The maximum atomic E-state index is 12.1. The molecule has 1 amide bonds. The van der Waals surface area contributed by atoms with Crippen molar-refractivity contribution >= 4 is 27.8 Å². The third kappa shape index (κ3) is 6.29. The summed E-state index contributed by atoms with van der Waals surface area (Å²) in [7, 11) is 0. The van der Waals surface area contributed by atoms with E-state index in [1.807, 2.05) is 19.1 Å². The van der Waals surface area contributed by atoms with Gasteiger partial charge in [0.1, 0.15) is 0 Å². The van der Waals surface area contributed by atoms with Gasteiger partial charge in [-0.05, 0) is 48.9 Å². The lowest BCUT2D eigenvalue weighted by Gasteiger charge is -2.18. The van der Waals surface area contributed by atoms with Crippen molar-refractivity contribution in [2.75, 3.05) is 6.54 Å². The van der Waals surface area contributed by atoms with Gasteiger partial charge in [-0.2, -0.15) is 0 Å². The van der Waals surface area contributed by atoms with Crippen molar-refractivity contribution in [2.24, 2.45) is 11.8 Å². The van der Waals surface area contributed by atoms with Crippen molar-refractivity contribution in [2.45, 2.75) is 33.6 Å². The Morgan fingerprint density at radius 1 is 1.33 bits per heavy atom. The normalized spacial score (nSPS) is 12.2. The van der Waals surface area contributed by atoms with Crippen molar-refractivity contribution < 1.29 is 14.7 Å². The number of carbonyl (C=O) groups is 2. The van der Waals surface area contributed by atoms with Gasteiger partial charge in [0.15, 0.2) is 0 Å². The van der Waals surface area contributed by atoms with Crippen molar-refractivity contribution in [3.63, 3.8) is 0 Å². The Hall–Kier alpha value is -1.36. The Balaban J connectivity index is 2.63. The molecule has 0 unspecified atom stereocenters. The van der Waals surface area contributed by atoms with Crippen LogP contribution < -0.4 is 5.32 Å². The zero-order valence-electron chi connectivity index (χ0n) is 12.6. The summed E-state index contributed by atoms with van der Waals surface area (Å²) >= 11 is 3.40. The minimum atomic E-state index is -0.825. The lowest BCUT2D eigenvalue weighted by molar-refractivity contribution is -0.138. The van der Waals surface area contributed by atoms with E-state index in [9.17, 15) is 9.59 Å². The molecular formula is C16H22BrNO3. The van der Waals surface area contributed by atoms with Crippen LogP contribution in [-0.2, 0) is 4.79 Å². The van der Waals surface area contributed by atoms with Crippen LogP contribution in [0.4, 0.5) is 0 Å². The number of hydrogen-bond acceptors (Lipinski definition) is 2. The van der Waals surface area contributed by atoms with Gasteiger partial charge in [0.25, 0.3) is 5.91 Å². The largest absolute Gasteiger partial charge is 0.481 e. The fourth-order valence-corrected chi connectivity index (χ4v) is 2.52. The highest BCUT2D eigenvalue weighted by Crippen LogP contribution is 2.18. The van der Waals surface area contributed by atoms with E-state index in [4.69, 9.17) is 5.11 Å². The summed E-state index contributed by atoms with van der Waals surface area (Å²) in [6.07, 6.45) is 0.865. The molecule has 0 heterocycles. The molecule has 0 radical (unpaired) electrons. The molecule has 4 nitrogen and oxygen atoms in total. The number of aryl methyl sites for hydroxylation is 1. The summed E-state index contributed by atoms with van der Waals surface area (Å²) in [6.45, 7) is 6.41. The van der Waals surface area contributed by atoms with Gasteiger partial charge in [-0.3, -0.25) is 9.59 Å². The van der Waals surface area contributed by atoms with Gasteiger partial charge >= 0.3 is 5.97 Å². The molecule has 2 N–H and O–H groups in total. The first-order chi connectivity index (χ1) is 9.79. The monoisotopic (exact) mass is 355 g/mol. The maximum absolute atomic E-state index is 12.1. The molecule has 0 saturated carbocycles. The van der Waals surface area contributed by atoms with E-state index in [2.05, 4.69) is 35.1 Å². The Morgan fingerprint density at radius 3 is 2.52 bits per heavy atom. The third-order valence-corrected chi connectivity index (χ3v) is 4.13. The minimum Gasteiger partial charge on any atom is -0.481 e. The summed E-state index contributed by atoms with van der Waals surface area (Å²) in [5.41, 5.74) is 1.58. The molecule has 0 bridgehead atoms. The van der Waals surface area contributed by atoms with Crippen LogP contribution in [0.2, 0.25) is 0 Å². The van der Waals surface area contributed by atoms with Gasteiger partial charge in [0, 0.05) is 23.0 Å². The van der Waals surface area contributed by atoms with Crippen molar-refractivity contribution in [3.8, 4) is 0 Å². The number of amides is 1. The van der Waals surface area contributed by atoms with Crippen LogP contribution in [0.15, 0.2) is 22.7 Å². The molecule has 0 aliphatic carbocycles. The average Bonchev–Trinajstić information content (AvgIpc) is 2.37. The molecule has 0 fully saturated rings. The molecule has 0 spiro atoms. The molecule has 1 rings (SSSR count). The second kappa shape index (κ2) is 8.17. The lowest BCUT2D eigenvalue weighted by atomic mass is 9.94. The number of halogens is 1. The minimum absolute atomic E-state index is 0.0389. The number of nitrogens with one attached hydrogen (secondary N) is 1. The Kier molecular flexibility index (Phi) is 6.89. The highest BCUT2D eigenvalue weighted by molar-refractivity contribution is 9.10. The number of carboxylic acids is 1. The molecular weight excluding hydrogens is 334 g/mol. The van der Waals surface area contributed by atoms with Crippen LogP contribution in [0, 0.1) is 18.8 Å². The zero-order valence-corrected chi connectivity index (χ0v) is 14.2. The quantitative estimate of drug-likeness (QED) is 0.784. The van der Waals surface area contributed by atoms with Gasteiger partial charge in [-0.1, -0.05) is 29.8 Å². The van der Waals surface area contributed by atoms with Crippen LogP contribution >= 0.6 is 15.9 Å². The number of hydrogen-bond donors (Lipinski definition) is 2. The predicted octanol–water partition coefficient (Wildman–Crippen LogP) is 3.62. The second-order valence-electron chi connectivity index (χ2n) is 5.77.